The first-order valence-electron chi connectivity index (χ1n) is 7.19. The molecule has 0 bridgehead atoms. The molecular weight excluding hydrogens is 348 g/mol. The van der Waals surface area contributed by atoms with Gasteiger partial charge in [-0.05, 0) is 12.1 Å². The van der Waals surface area contributed by atoms with E-state index in [0.717, 1.165) is 27.3 Å². The van der Waals surface area contributed by atoms with E-state index in [0.29, 0.717) is 0 Å². The summed E-state index contributed by atoms with van der Waals surface area (Å²) in [5.41, 5.74) is -1.39. The van der Waals surface area contributed by atoms with Crippen molar-refractivity contribution < 1.29 is 19.2 Å². The summed E-state index contributed by atoms with van der Waals surface area (Å²) in [6.07, 6.45) is 0. The molecule has 2 aromatic rings. The number of benzene rings is 1. The highest BCUT2D eigenvalue weighted by Gasteiger charge is 2.14. The third kappa shape index (κ3) is 4.01. The second kappa shape index (κ2) is 7.42. The van der Waals surface area contributed by atoms with Crippen molar-refractivity contribution >= 4 is 23.4 Å². The lowest BCUT2D eigenvalue weighted by Crippen LogP contribution is -2.38. The van der Waals surface area contributed by atoms with E-state index in [1.54, 1.807) is 0 Å². The molecule has 1 amide bonds. The minimum atomic E-state index is -0.854. The quantitative estimate of drug-likeness (QED) is 0.440. The molecule has 0 radical (unpaired) electrons. The summed E-state index contributed by atoms with van der Waals surface area (Å²) in [5.74, 6) is -1.66. The molecule has 2 rings (SSSR count). The van der Waals surface area contributed by atoms with Gasteiger partial charge in [-0.15, -0.1) is 0 Å². The molecule has 0 unspecified atom stereocenters. The summed E-state index contributed by atoms with van der Waals surface area (Å²) < 4.78 is 6.71. The van der Waals surface area contributed by atoms with E-state index in [1.807, 2.05) is 0 Å². The molecule has 11 heteroatoms. The maximum atomic E-state index is 11.8. The molecule has 11 nitrogen and oxygen atoms in total. The molecule has 0 saturated carbocycles. The van der Waals surface area contributed by atoms with Crippen molar-refractivity contribution in [3.8, 4) is 0 Å². The van der Waals surface area contributed by atoms with Crippen molar-refractivity contribution in [3.05, 3.63) is 66.8 Å². The van der Waals surface area contributed by atoms with E-state index >= 15 is 0 Å². The van der Waals surface area contributed by atoms with E-state index in [4.69, 9.17) is 4.74 Å². The minimum Gasteiger partial charge on any atom is -0.452 e. The van der Waals surface area contributed by atoms with Gasteiger partial charge in [0.15, 0.2) is 6.61 Å². The number of esters is 1. The highest BCUT2D eigenvalue weighted by molar-refractivity contribution is 5.95. The van der Waals surface area contributed by atoms with Crippen molar-refractivity contribution in [3.63, 3.8) is 0 Å². The number of hydrogen-bond donors (Lipinski definition) is 1. The first kappa shape index (κ1) is 18.6. The predicted octanol–water partition coefficient (Wildman–Crippen LogP) is -0.212. The molecule has 1 aromatic carbocycles. The van der Waals surface area contributed by atoms with Crippen LogP contribution in [0.5, 0.6) is 0 Å². The van der Waals surface area contributed by atoms with Gasteiger partial charge in [-0.3, -0.25) is 28.8 Å². The molecule has 0 saturated heterocycles. The monoisotopic (exact) mass is 362 g/mol. The number of hydrogen-bond acceptors (Lipinski definition) is 7. The van der Waals surface area contributed by atoms with Gasteiger partial charge in [0.05, 0.1) is 10.5 Å². The third-order valence-electron chi connectivity index (χ3n) is 3.44. The Labute approximate surface area is 145 Å². The maximum Gasteiger partial charge on any atom is 0.338 e. The number of carbonyl (C=O) groups is 2. The van der Waals surface area contributed by atoms with Gasteiger partial charge >= 0.3 is 11.7 Å². The summed E-state index contributed by atoms with van der Waals surface area (Å²) >= 11 is 0. The summed E-state index contributed by atoms with van der Waals surface area (Å²) in [7, 11) is 2.66. The highest BCUT2D eigenvalue weighted by atomic mass is 16.6. The molecule has 1 heterocycles. The molecule has 0 aliphatic carbocycles. The standard InChI is InChI=1S/C15H14N4O7/c1-17-11(7-13(21)18(2)15(17)23)16-12(20)8-26-14(22)9-3-5-10(6-4-9)19(24)25/h3-7H,8H2,1-2H3,(H,16,20). The third-order valence-corrected chi connectivity index (χ3v) is 3.44. The normalized spacial score (nSPS) is 10.2. The Kier molecular flexibility index (Phi) is 5.30. The summed E-state index contributed by atoms with van der Waals surface area (Å²) in [5, 5.41) is 12.8. The second-order valence-electron chi connectivity index (χ2n) is 5.20. The predicted molar refractivity (Wildman–Crippen MR) is 88.9 cm³/mol. The van der Waals surface area contributed by atoms with Crippen molar-refractivity contribution in [2.75, 3.05) is 11.9 Å². The lowest BCUT2D eigenvalue weighted by Gasteiger charge is -2.11. The number of nitrogens with one attached hydrogen (secondary N) is 1. The Balaban J connectivity index is 2.01. The maximum absolute atomic E-state index is 11.8. The van der Waals surface area contributed by atoms with Crippen molar-refractivity contribution in [2.24, 2.45) is 14.1 Å². The van der Waals surface area contributed by atoms with Crippen molar-refractivity contribution in [2.45, 2.75) is 0 Å². The van der Waals surface area contributed by atoms with Gasteiger partial charge in [-0.1, -0.05) is 0 Å². The smallest absolute Gasteiger partial charge is 0.338 e. The van der Waals surface area contributed by atoms with Crippen LogP contribution in [0.4, 0.5) is 11.5 Å². The van der Waals surface area contributed by atoms with E-state index in [1.165, 1.54) is 26.2 Å². The summed E-state index contributed by atoms with van der Waals surface area (Å²) in [6.45, 7) is -0.667. The van der Waals surface area contributed by atoms with Gasteiger partial charge < -0.3 is 10.1 Å². The Morgan fingerprint density at radius 1 is 1.15 bits per heavy atom. The molecule has 0 atom stereocenters. The van der Waals surface area contributed by atoms with E-state index in [9.17, 15) is 29.3 Å². The lowest BCUT2D eigenvalue weighted by atomic mass is 10.2. The second-order valence-corrected chi connectivity index (χ2v) is 5.20. The Morgan fingerprint density at radius 3 is 2.35 bits per heavy atom. The van der Waals surface area contributed by atoms with Gasteiger partial charge in [-0.2, -0.15) is 0 Å². The number of anilines is 1. The molecule has 26 heavy (non-hydrogen) atoms. The number of non-ortho nitro benzene ring substituents is 1. The number of carbonyl (C=O) groups excluding carboxylic acids is 2. The Morgan fingerprint density at radius 2 is 1.77 bits per heavy atom. The fourth-order valence-corrected chi connectivity index (χ4v) is 1.97. The number of rotatable bonds is 5. The molecule has 1 N–H and O–H groups in total. The number of aromatic nitrogens is 2. The number of nitro groups is 1. The minimum absolute atomic E-state index is 0.0318. The molecule has 0 spiro atoms. The van der Waals surface area contributed by atoms with Crippen LogP contribution in [-0.4, -0.2) is 32.5 Å². The van der Waals surface area contributed by atoms with Crippen molar-refractivity contribution in [1.29, 1.82) is 0 Å². The van der Waals surface area contributed by atoms with Crippen LogP contribution in [0.3, 0.4) is 0 Å². The SMILES string of the molecule is Cn1c(NC(=O)COC(=O)c2ccc([N+](=O)[O-])cc2)cc(=O)n(C)c1=O. The molecule has 0 aliphatic rings. The first-order valence-corrected chi connectivity index (χ1v) is 7.19. The van der Waals surface area contributed by atoms with Gasteiger partial charge in [0.2, 0.25) is 0 Å². The molecule has 0 fully saturated rings. The number of ether oxygens (including phenoxy) is 1. The average molecular weight is 362 g/mol. The van der Waals surface area contributed by atoms with E-state index < -0.39 is 34.7 Å². The number of nitro benzene ring substituents is 1. The van der Waals surface area contributed by atoms with Crippen LogP contribution in [0, 0.1) is 10.1 Å². The molecule has 136 valence electrons. The van der Waals surface area contributed by atoms with Crippen LogP contribution < -0.4 is 16.6 Å². The summed E-state index contributed by atoms with van der Waals surface area (Å²) in [6, 6.07) is 5.71. The first-order chi connectivity index (χ1) is 12.2. The molecular formula is C15H14N4O7. The number of amides is 1. The van der Waals surface area contributed by atoms with Gasteiger partial charge in [0.25, 0.3) is 17.2 Å². The number of nitrogens with zero attached hydrogens (tertiary/aromatic N) is 3. The zero-order valence-corrected chi connectivity index (χ0v) is 13.8. The summed E-state index contributed by atoms with van der Waals surface area (Å²) in [4.78, 5) is 57.0. The highest BCUT2D eigenvalue weighted by Crippen LogP contribution is 2.12. The van der Waals surface area contributed by atoms with E-state index in [-0.39, 0.29) is 17.1 Å². The Bertz CT molecular complexity index is 989. The molecule has 1 aromatic heterocycles. The van der Waals surface area contributed by atoms with Crippen LogP contribution in [-0.2, 0) is 23.6 Å². The fraction of sp³-hybridized carbons (Fsp3) is 0.200. The topological polar surface area (TPSA) is 143 Å². The van der Waals surface area contributed by atoms with Crippen LogP contribution in [0.1, 0.15) is 10.4 Å². The zero-order chi connectivity index (χ0) is 19.4. The average Bonchev–Trinajstić information content (AvgIpc) is 2.62. The van der Waals surface area contributed by atoms with Gasteiger partial charge in [0, 0.05) is 32.3 Å². The van der Waals surface area contributed by atoms with Crippen LogP contribution in [0.2, 0.25) is 0 Å². The van der Waals surface area contributed by atoms with Crippen LogP contribution >= 0.6 is 0 Å². The fourth-order valence-electron chi connectivity index (χ4n) is 1.97. The van der Waals surface area contributed by atoms with Gasteiger partial charge in [0.1, 0.15) is 5.82 Å². The lowest BCUT2D eigenvalue weighted by molar-refractivity contribution is -0.384. The van der Waals surface area contributed by atoms with Crippen LogP contribution in [0.25, 0.3) is 0 Å². The molecule has 0 aliphatic heterocycles. The largest absolute Gasteiger partial charge is 0.452 e. The van der Waals surface area contributed by atoms with E-state index in [2.05, 4.69) is 5.32 Å². The Hall–Kier alpha value is -3.76. The zero-order valence-electron chi connectivity index (χ0n) is 13.8. The van der Waals surface area contributed by atoms with Gasteiger partial charge in [-0.25, -0.2) is 9.59 Å². The van der Waals surface area contributed by atoms with Crippen molar-refractivity contribution in [1.82, 2.24) is 9.13 Å². The van der Waals surface area contributed by atoms with Crippen LogP contribution in [0.15, 0.2) is 39.9 Å².